The van der Waals surface area contributed by atoms with Gasteiger partial charge in [0.05, 0.1) is 0 Å². The van der Waals surface area contributed by atoms with Gasteiger partial charge < -0.3 is 26.6 Å². The molecule has 0 bridgehead atoms. The van der Waals surface area contributed by atoms with E-state index in [0.29, 0.717) is 12.1 Å². The second kappa shape index (κ2) is 10.4. The monoisotopic (exact) mass is 322 g/mol. The maximum absolute atomic E-state index is 5.32. The molecule has 0 radical (unpaired) electrons. The predicted octanol–water partition coefficient (Wildman–Crippen LogP) is 1.85. The Bertz CT molecular complexity index is 254. The molecule has 0 spiro atoms. The largest absolute Gasteiger partial charge is 0.504 e. The van der Waals surface area contributed by atoms with Gasteiger partial charge in [0.2, 0.25) is 0 Å². The van der Waals surface area contributed by atoms with Crippen molar-refractivity contribution in [2.45, 2.75) is 12.1 Å². The van der Waals surface area contributed by atoms with E-state index >= 15 is 0 Å². The molecule has 0 aliphatic rings. The highest BCUT2D eigenvalue weighted by molar-refractivity contribution is 6.61. The summed E-state index contributed by atoms with van der Waals surface area (Å²) in [5, 5.41) is 0. The van der Waals surface area contributed by atoms with Crippen LogP contribution in [0.5, 0.6) is 0 Å². The molecule has 0 amide bonds. The minimum Gasteiger partial charge on any atom is -0.377 e. The van der Waals surface area contributed by atoms with Gasteiger partial charge in [-0.1, -0.05) is 24.3 Å². The van der Waals surface area contributed by atoms with Crippen molar-refractivity contribution in [2.24, 2.45) is 0 Å². The van der Waals surface area contributed by atoms with Crippen LogP contribution in [-0.4, -0.2) is 60.3 Å². The molecule has 0 atom stereocenters. The molecule has 6 nitrogen and oxygen atoms in total. The first-order valence-corrected chi connectivity index (χ1v) is 10.1. The van der Waals surface area contributed by atoms with Crippen molar-refractivity contribution in [3.05, 3.63) is 24.3 Å². The van der Waals surface area contributed by atoms with Gasteiger partial charge in [-0.3, -0.25) is 0 Å². The van der Waals surface area contributed by atoms with E-state index in [0.717, 1.165) is 0 Å². The third kappa shape index (κ3) is 5.98. The first-order chi connectivity index (χ1) is 9.57. The van der Waals surface area contributed by atoms with Crippen LogP contribution in [0.1, 0.15) is 0 Å². The highest BCUT2D eigenvalue weighted by atomic mass is 28.4. The molecule has 0 fully saturated rings. The normalized spacial score (nSPS) is 13.7. The van der Waals surface area contributed by atoms with Gasteiger partial charge in [-0.25, -0.2) is 0 Å². The van der Waals surface area contributed by atoms with Gasteiger partial charge in [-0.05, 0) is 0 Å². The summed E-state index contributed by atoms with van der Waals surface area (Å²) in [5.41, 5.74) is 0. The Morgan fingerprint density at radius 3 is 1.00 bits per heavy atom. The van der Waals surface area contributed by atoms with Gasteiger partial charge in [-0.2, -0.15) is 0 Å². The Balaban J connectivity index is 4.34. The molecule has 0 saturated carbocycles. The minimum absolute atomic E-state index is 0.613. The molecule has 118 valence electrons. The standard InChI is InChI=1S/C12H26O6Si2/c1-13-19(14-2,15-3)11-9-7-8-10-12-20(16-4,17-5)18-6/h7-10H,11-12H2,1-6H3/b9-7+,10-8+. The number of hydrogen-bond acceptors (Lipinski definition) is 6. The Hall–Kier alpha value is -0.326. The van der Waals surface area contributed by atoms with Crippen LogP contribution in [0.3, 0.4) is 0 Å². The van der Waals surface area contributed by atoms with E-state index in [9.17, 15) is 0 Å². The van der Waals surface area contributed by atoms with E-state index in [1.807, 2.05) is 24.3 Å². The van der Waals surface area contributed by atoms with E-state index in [2.05, 4.69) is 0 Å². The lowest BCUT2D eigenvalue weighted by molar-refractivity contribution is 0.126. The van der Waals surface area contributed by atoms with Gasteiger partial charge in [0.25, 0.3) is 0 Å². The van der Waals surface area contributed by atoms with Crippen molar-refractivity contribution < 1.29 is 26.6 Å². The summed E-state index contributed by atoms with van der Waals surface area (Å²) in [6.07, 6.45) is 7.74. The summed E-state index contributed by atoms with van der Waals surface area (Å²) in [5.74, 6) is 0. The topological polar surface area (TPSA) is 55.4 Å². The lowest BCUT2D eigenvalue weighted by Crippen LogP contribution is -2.42. The Morgan fingerprint density at radius 1 is 0.550 bits per heavy atom. The second-order valence-corrected chi connectivity index (χ2v) is 9.85. The summed E-state index contributed by atoms with van der Waals surface area (Å²) in [6, 6.07) is 1.23. The lowest BCUT2D eigenvalue weighted by Gasteiger charge is -2.22. The average Bonchev–Trinajstić information content (AvgIpc) is 2.52. The van der Waals surface area contributed by atoms with Crippen LogP contribution in [0.2, 0.25) is 12.1 Å². The SMILES string of the molecule is CO[Si](C/C=C/C=C/C[Si](OC)(OC)OC)(OC)OC. The van der Waals surface area contributed by atoms with Crippen LogP contribution in [-0.2, 0) is 26.6 Å². The van der Waals surface area contributed by atoms with Crippen LogP contribution in [0.15, 0.2) is 24.3 Å². The van der Waals surface area contributed by atoms with E-state index in [-0.39, 0.29) is 0 Å². The maximum Gasteiger partial charge on any atom is 0.504 e. The zero-order chi connectivity index (χ0) is 15.5. The van der Waals surface area contributed by atoms with Crippen molar-refractivity contribution in [2.75, 3.05) is 42.7 Å². The van der Waals surface area contributed by atoms with Crippen molar-refractivity contribution in [1.29, 1.82) is 0 Å². The van der Waals surface area contributed by atoms with Crippen LogP contribution in [0.4, 0.5) is 0 Å². The molecule has 0 saturated heterocycles. The fourth-order valence-electron chi connectivity index (χ4n) is 1.58. The summed E-state index contributed by atoms with van der Waals surface area (Å²) in [7, 11) is 4.53. The predicted molar refractivity (Wildman–Crippen MR) is 81.5 cm³/mol. The van der Waals surface area contributed by atoms with Gasteiger partial charge in [-0.15, -0.1) is 0 Å². The van der Waals surface area contributed by atoms with Crippen LogP contribution < -0.4 is 0 Å². The number of hydrogen-bond donors (Lipinski definition) is 0. The minimum atomic E-state index is -2.52. The van der Waals surface area contributed by atoms with Gasteiger partial charge in [0, 0.05) is 54.7 Å². The van der Waals surface area contributed by atoms with E-state index in [1.54, 1.807) is 42.7 Å². The molecule has 8 heteroatoms. The average molecular weight is 323 g/mol. The molecule has 0 unspecified atom stereocenters. The van der Waals surface area contributed by atoms with E-state index in [1.165, 1.54) is 0 Å². The fraction of sp³-hybridized carbons (Fsp3) is 0.667. The Labute approximate surface area is 124 Å². The highest BCUT2D eigenvalue weighted by Gasteiger charge is 2.36. The summed E-state index contributed by atoms with van der Waals surface area (Å²) >= 11 is 0. The van der Waals surface area contributed by atoms with Gasteiger partial charge in [0.1, 0.15) is 0 Å². The molecule has 0 aliphatic heterocycles. The van der Waals surface area contributed by atoms with E-state index in [4.69, 9.17) is 26.6 Å². The van der Waals surface area contributed by atoms with Crippen molar-refractivity contribution in [1.82, 2.24) is 0 Å². The quantitative estimate of drug-likeness (QED) is 0.427. The van der Waals surface area contributed by atoms with Crippen LogP contribution in [0, 0.1) is 0 Å². The van der Waals surface area contributed by atoms with Gasteiger partial charge >= 0.3 is 17.6 Å². The second-order valence-electron chi connectivity index (χ2n) is 3.86. The molecule has 0 aromatic rings. The highest BCUT2D eigenvalue weighted by Crippen LogP contribution is 2.14. The first-order valence-electron chi connectivity index (χ1n) is 6.20. The third-order valence-corrected chi connectivity index (χ3v) is 8.19. The van der Waals surface area contributed by atoms with Crippen LogP contribution >= 0.6 is 0 Å². The maximum atomic E-state index is 5.32. The molecule has 0 aliphatic carbocycles. The molecular formula is C12H26O6Si2. The molecule has 20 heavy (non-hydrogen) atoms. The molecule has 0 N–H and O–H groups in total. The lowest BCUT2D eigenvalue weighted by atomic mass is 10.5. The molecule has 0 rings (SSSR count). The summed E-state index contributed by atoms with van der Waals surface area (Å²) in [6.45, 7) is 0. The van der Waals surface area contributed by atoms with Gasteiger partial charge in [0.15, 0.2) is 0 Å². The third-order valence-electron chi connectivity index (χ3n) is 2.99. The smallest absolute Gasteiger partial charge is 0.377 e. The summed E-state index contributed by atoms with van der Waals surface area (Å²) in [4.78, 5) is 0. The van der Waals surface area contributed by atoms with Crippen molar-refractivity contribution in [3.63, 3.8) is 0 Å². The first kappa shape index (κ1) is 19.7. The zero-order valence-electron chi connectivity index (χ0n) is 13.2. The molecule has 0 heterocycles. The Kier molecular flexibility index (Phi) is 10.2. The van der Waals surface area contributed by atoms with Crippen molar-refractivity contribution >= 4 is 17.6 Å². The molecule has 0 aromatic heterocycles. The van der Waals surface area contributed by atoms with Crippen molar-refractivity contribution in [3.8, 4) is 0 Å². The Morgan fingerprint density at radius 2 is 0.800 bits per heavy atom. The fourth-order valence-corrected chi connectivity index (χ4v) is 4.43. The van der Waals surface area contributed by atoms with E-state index < -0.39 is 17.6 Å². The van der Waals surface area contributed by atoms with Crippen LogP contribution in [0.25, 0.3) is 0 Å². The number of allylic oxidation sites excluding steroid dienone is 4. The number of rotatable bonds is 11. The summed E-state index contributed by atoms with van der Waals surface area (Å²) < 4.78 is 31.9. The molecular weight excluding hydrogens is 296 g/mol. The molecule has 0 aromatic carbocycles. The zero-order valence-corrected chi connectivity index (χ0v) is 15.2.